The number of hydrogen-bond acceptors (Lipinski definition) is 5. The SMILES string of the molecule is CCOc1nc(NC)nc(-c2ccccc2Cl)n1. The molecular formula is C12H13ClN4O. The van der Waals surface area contributed by atoms with Crippen LogP contribution in [0.2, 0.25) is 5.02 Å². The highest BCUT2D eigenvalue weighted by Crippen LogP contribution is 2.26. The molecule has 1 heterocycles. The quantitative estimate of drug-likeness (QED) is 0.920. The summed E-state index contributed by atoms with van der Waals surface area (Å²) in [5.41, 5.74) is 0.749. The van der Waals surface area contributed by atoms with Crippen LogP contribution in [0.4, 0.5) is 5.95 Å². The van der Waals surface area contributed by atoms with Crippen LogP contribution in [0.15, 0.2) is 24.3 Å². The van der Waals surface area contributed by atoms with Crippen LogP contribution in [0.1, 0.15) is 6.92 Å². The van der Waals surface area contributed by atoms with Crippen LogP contribution in [0.25, 0.3) is 11.4 Å². The van der Waals surface area contributed by atoms with Crippen molar-refractivity contribution in [2.24, 2.45) is 0 Å². The van der Waals surface area contributed by atoms with Gasteiger partial charge in [-0.05, 0) is 19.1 Å². The van der Waals surface area contributed by atoms with Crippen LogP contribution in [-0.4, -0.2) is 28.6 Å². The normalized spacial score (nSPS) is 10.2. The Labute approximate surface area is 110 Å². The molecule has 6 heteroatoms. The molecule has 0 aliphatic rings. The molecule has 94 valence electrons. The summed E-state index contributed by atoms with van der Waals surface area (Å²) in [6.45, 7) is 2.37. The summed E-state index contributed by atoms with van der Waals surface area (Å²) in [6.07, 6.45) is 0. The molecule has 0 radical (unpaired) electrons. The van der Waals surface area contributed by atoms with Gasteiger partial charge in [0, 0.05) is 12.6 Å². The average molecular weight is 265 g/mol. The fourth-order valence-corrected chi connectivity index (χ4v) is 1.65. The molecule has 0 unspecified atom stereocenters. The first-order chi connectivity index (χ1) is 8.74. The van der Waals surface area contributed by atoms with Gasteiger partial charge >= 0.3 is 6.01 Å². The summed E-state index contributed by atoms with van der Waals surface area (Å²) >= 11 is 6.12. The first kappa shape index (κ1) is 12.6. The third kappa shape index (κ3) is 2.68. The Morgan fingerprint density at radius 1 is 1.22 bits per heavy atom. The van der Waals surface area contributed by atoms with Gasteiger partial charge in [-0.25, -0.2) is 0 Å². The van der Waals surface area contributed by atoms with Crippen molar-refractivity contribution >= 4 is 17.5 Å². The van der Waals surface area contributed by atoms with E-state index in [-0.39, 0.29) is 6.01 Å². The van der Waals surface area contributed by atoms with Gasteiger partial charge < -0.3 is 10.1 Å². The van der Waals surface area contributed by atoms with Gasteiger partial charge in [-0.2, -0.15) is 15.0 Å². The van der Waals surface area contributed by atoms with Crippen molar-refractivity contribution in [3.8, 4) is 17.4 Å². The van der Waals surface area contributed by atoms with E-state index >= 15 is 0 Å². The van der Waals surface area contributed by atoms with Crippen LogP contribution in [0.5, 0.6) is 6.01 Å². The van der Waals surface area contributed by atoms with E-state index in [0.29, 0.717) is 23.4 Å². The van der Waals surface area contributed by atoms with Crippen molar-refractivity contribution in [1.82, 2.24) is 15.0 Å². The minimum atomic E-state index is 0.284. The van der Waals surface area contributed by atoms with Crippen LogP contribution in [0, 0.1) is 0 Å². The van der Waals surface area contributed by atoms with Crippen molar-refractivity contribution in [1.29, 1.82) is 0 Å². The Balaban J connectivity index is 2.50. The monoisotopic (exact) mass is 264 g/mol. The first-order valence-corrected chi connectivity index (χ1v) is 5.94. The summed E-state index contributed by atoms with van der Waals surface area (Å²) in [6, 6.07) is 7.67. The second-order valence-corrected chi connectivity index (χ2v) is 3.84. The lowest BCUT2D eigenvalue weighted by atomic mass is 10.2. The van der Waals surface area contributed by atoms with Crippen molar-refractivity contribution in [2.75, 3.05) is 19.0 Å². The Hall–Kier alpha value is -1.88. The summed E-state index contributed by atoms with van der Waals surface area (Å²) in [5, 5.41) is 3.46. The number of nitrogens with one attached hydrogen (secondary N) is 1. The average Bonchev–Trinajstić information content (AvgIpc) is 2.39. The fourth-order valence-electron chi connectivity index (χ4n) is 1.42. The summed E-state index contributed by atoms with van der Waals surface area (Å²) in [7, 11) is 1.74. The third-order valence-corrected chi connectivity index (χ3v) is 2.56. The predicted octanol–water partition coefficient (Wildman–Crippen LogP) is 2.63. The van der Waals surface area contributed by atoms with Crippen molar-refractivity contribution in [2.45, 2.75) is 6.92 Å². The van der Waals surface area contributed by atoms with Gasteiger partial charge in [-0.15, -0.1) is 0 Å². The number of benzene rings is 1. The largest absolute Gasteiger partial charge is 0.464 e. The van der Waals surface area contributed by atoms with E-state index in [2.05, 4.69) is 20.3 Å². The van der Waals surface area contributed by atoms with Crippen LogP contribution in [0.3, 0.4) is 0 Å². The number of halogens is 1. The van der Waals surface area contributed by atoms with E-state index in [9.17, 15) is 0 Å². The van der Waals surface area contributed by atoms with Crippen molar-refractivity contribution < 1.29 is 4.74 Å². The number of aromatic nitrogens is 3. The van der Waals surface area contributed by atoms with Gasteiger partial charge in [0.2, 0.25) is 5.95 Å². The molecule has 5 nitrogen and oxygen atoms in total. The minimum absolute atomic E-state index is 0.284. The molecule has 0 spiro atoms. The molecule has 18 heavy (non-hydrogen) atoms. The molecule has 2 rings (SSSR count). The van der Waals surface area contributed by atoms with Crippen LogP contribution < -0.4 is 10.1 Å². The Morgan fingerprint density at radius 3 is 2.67 bits per heavy atom. The lowest BCUT2D eigenvalue weighted by molar-refractivity contribution is 0.312. The molecule has 1 aromatic heterocycles. The first-order valence-electron chi connectivity index (χ1n) is 5.56. The topological polar surface area (TPSA) is 59.9 Å². The summed E-state index contributed by atoms with van der Waals surface area (Å²) in [4.78, 5) is 12.6. The highest BCUT2D eigenvalue weighted by Gasteiger charge is 2.10. The second kappa shape index (κ2) is 5.64. The Kier molecular flexibility index (Phi) is 3.94. The smallest absolute Gasteiger partial charge is 0.321 e. The van der Waals surface area contributed by atoms with E-state index in [1.54, 1.807) is 13.1 Å². The molecule has 0 amide bonds. The fraction of sp³-hybridized carbons (Fsp3) is 0.250. The van der Waals surface area contributed by atoms with Crippen molar-refractivity contribution in [3.05, 3.63) is 29.3 Å². The van der Waals surface area contributed by atoms with Crippen LogP contribution in [-0.2, 0) is 0 Å². The molecule has 0 aliphatic carbocycles. The number of nitrogens with zero attached hydrogens (tertiary/aromatic N) is 3. The minimum Gasteiger partial charge on any atom is -0.464 e. The molecular weight excluding hydrogens is 252 g/mol. The number of ether oxygens (including phenoxy) is 1. The molecule has 0 atom stereocenters. The molecule has 0 saturated carbocycles. The predicted molar refractivity (Wildman–Crippen MR) is 71.0 cm³/mol. The van der Waals surface area contributed by atoms with E-state index in [1.165, 1.54) is 0 Å². The standard InChI is InChI=1S/C12H13ClN4O/c1-3-18-12-16-10(15-11(14-2)17-12)8-6-4-5-7-9(8)13/h4-7H,3H2,1-2H3,(H,14,15,16,17). The zero-order chi connectivity index (χ0) is 13.0. The van der Waals surface area contributed by atoms with Gasteiger partial charge in [-0.3, -0.25) is 0 Å². The van der Waals surface area contributed by atoms with E-state index in [0.717, 1.165) is 5.56 Å². The van der Waals surface area contributed by atoms with E-state index in [4.69, 9.17) is 16.3 Å². The van der Waals surface area contributed by atoms with Gasteiger partial charge in [0.05, 0.1) is 11.6 Å². The Bertz CT molecular complexity index is 547. The maximum atomic E-state index is 6.12. The molecule has 0 fully saturated rings. The zero-order valence-electron chi connectivity index (χ0n) is 10.1. The van der Waals surface area contributed by atoms with Crippen molar-refractivity contribution in [3.63, 3.8) is 0 Å². The maximum absolute atomic E-state index is 6.12. The number of anilines is 1. The second-order valence-electron chi connectivity index (χ2n) is 3.43. The van der Waals surface area contributed by atoms with Gasteiger partial charge in [0.25, 0.3) is 0 Å². The van der Waals surface area contributed by atoms with Gasteiger partial charge in [-0.1, -0.05) is 23.7 Å². The zero-order valence-corrected chi connectivity index (χ0v) is 10.9. The number of hydrogen-bond donors (Lipinski definition) is 1. The molecule has 2 aromatic rings. The molecule has 0 saturated heterocycles. The molecule has 1 aromatic carbocycles. The lowest BCUT2D eigenvalue weighted by Gasteiger charge is -2.07. The summed E-state index contributed by atoms with van der Waals surface area (Å²) < 4.78 is 5.31. The lowest BCUT2D eigenvalue weighted by Crippen LogP contribution is -2.05. The maximum Gasteiger partial charge on any atom is 0.321 e. The van der Waals surface area contributed by atoms with Gasteiger partial charge in [0.1, 0.15) is 0 Å². The molecule has 0 bridgehead atoms. The Morgan fingerprint density at radius 2 is 2.00 bits per heavy atom. The highest BCUT2D eigenvalue weighted by atomic mass is 35.5. The van der Waals surface area contributed by atoms with E-state index < -0.39 is 0 Å². The summed E-state index contributed by atoms with van der Waals surface area (Å²) in [5.74, 6) is 0.937. The molecule has 0 aliphatic heterocycles. The highest BCUT2D eigenvalue weighted by molar-refractivity contribution is 6.33. The van der Waals surface area contributed by atoms with Crippen LogP contribution >= 0.6 is 11.6 Å². The number of rotatable bonds is 4. The third-order valence-electron chi connectivity index (χ3n) is 2.23. The van der Waals surface area contributed by atoms with E-state index in [1.807, 2.05) is 25.1 Å². The van der Waals surface area contributed by atoms with Gasteiger partial charge in [0.15, 0.2) is 5.82 Å². The molecule has 1 N–H and O–H groups in total.